The van der Waals surface area contributed by atoms with Crippen molar-refractivity contribution >= 4 is 21.9 Å². The van der Waals surface area contributed by atoms with Crippen LogP contribution in [0.5, 0.6) is 5.75 Å². The van der Waals surface area contributed by atoms with Gasteiger partial charge in [-0.1, -0.05) is 6.07 Å². The minimum absolute atomic E-state index is 0.738. The van der Waals surface area contributed by atoms with Crippen LogP contribution < -0.4 is 4.74 Å². The average molecular weight is 349 g/mol. The molecule has 19 heavy (non-hydrogen) atoms. The van der Waals surface area contributed by atoms with Gasteiger partial charge in [-0.15, -0.1) is 0 Å². The highest BCUT2D eigenvalue weighted by Crippen LogP contribution is 2.41. The number of carbonyl (C=O) groups is 1. The Morgan fingerprint density at radius 3 is 2.32 bits per heavy atom. The van der Waals surface area contributed by atoms with Gasteiger partial charge >= 0.3 is 16.9 Å². The molecule has 0 bridgehead atoms. The molecule has 0 aliphatic heterocycles. The third kappa shape index (κ3) is 3.34. The molecule has 0 unspecified atom stereocenters. The Kier molecular flexibility index (Phi) is 4.39. The predicted octanol–water partition coefficient (Wildman–Crippen LogP) is 3.57. The highest BCUT2D eigenvalue weighted by atomic mass is 79.9. The molecule has 0 heterocycles. The fourth-order valence-corrected chi connectivity index (χ4v) is 1.17. The SMILES string of the molecule is COC(=O)c1c(F)cccc1OC(F)(F)C(F)(F)Br. The molecule has 0 saturated heterocycles. The number of alkyl halides is 5. The van der Waals surface area contributed by atoms with E-state index in [1.807, 2.05) is 0 Å². The van der Waals surface area contributed by atoms with Gasteiger partial charge in [0, 0.05) is 15.9 Å². The summed E-state index contributed by atoms with van der Waals surface area (Å²) in [4.78, 5) is 6.51. The molecule has 0 saturated carbocycles. The van der Waals surface area contributed by atoms with E-state index in [0.29, 0.717) is 0 Å². The van der Waals surface area contributed by atoms with Crippen LogP contribution in [0.25, 0.3) is 0 Å². The van der Waals surface area contributed by atoms with Gasteiger partial charge in [-0.25, -0.2) is 9.18 Å². The summed E-state index contributed by atoms with van der Waals surface area (Å²) >= 11 is 1.44. The van der Waals surface area contributed by atoms with Gasteiger partial charge in [-0.2, -0.15) is 17.6 Å². The van der Waals surface area contributed by atoms with Gasteiger partial charge in [0.15, 0.2) is 0 Å². The van der Waals surface area contributed by atoms with E-state index in [1.54, 1.807) is 0 Å². The molecule has 1 aromatic rings. The van der Waals surface area contributed by atoms with Crippen molar-refractivity contribution in [1.29, 1.82) is 0 Å². The van der Waals surface area contributed by atoms with Gasteiger partial charge in [-0.05, 0) is 12.1 Å². The lowest BCUT2D eigenvalue weighted by atomic mass is 10.2. The molecular weight excluding hydrogens is 343 g/mol. The molecule has 0 radical (unpaired) electrons. The van der Waals surface area contributed by atoms with E-state index in [4.69, 9.17) is 0 Å². The molecule has 0 fully saturated rings. The Balaban J connectivity index is 3.23. The largest absolute Gasteiger partial charge is 0.475 e. The number of esters is 1. The lowest BCUT2D eigenvalue weighted by molar-refractivity contribution is -0.266. The van der Waals surface area contributed by atoms with E-state index < -0.39 is 34.0 Å². The van der Waals surface area contributed by atoms with Crippen LogP contribution in [0.2, 0.25) is 0 Å². The third-order valence-corrected chi connectivity index (χ3v) is 2.39. The Morgan fingerprint density at radius 1 is 1.26 bits per heavy atom. The van der Waals surface area contributed by atoms with Crippen molar-refractivity contribution in [3.05, 3.63) is 29.6 Å². The molecule has 0 aliphatic rings. The van der Waals surface area contributed by atoms with Gasteiger partial charge in [0.2, 0.25) is 0 Å². The molecule has 0 aliphatic carbocycles. The van der Waals surface area contributed by atoms with Crippen LogP contribution in [0.3, 0.4) is 0 Å². The molecule has 106 valence electrons. The van der Waals surface area contributed by atoms with Crippen molar-refractivity contribution in [2.75, 3.05) is 7.11 Å². The molecule has 0 amide bonds. The number of carbonyl (C=O) groups excluding carboxylic acids is 1. The topological polar surface area (TPSA) is 35.5 Å². The van der Waals surface area contributed by atoms with Crippen LogP contribution in [0.15, 0.2) is 18.2 Å². The van der Waals surface area contributed by atoms with E-state index in [0.717, 1.165) is 25.3 Å². The van der Waals surface area contributed by atoms with Gasteiger partial charge < -0.3 is 9.47 Å². The van der Waals surface area contributed by atoms with Gasteiger partial charge in [0.25, 0.3) is 0 Å². The van der Waals surface area contributed by atoms with Crippen molar-refractivity contribution in [3.63, 3.8) is 0 Å². The van der Waals surface area contributed by atoms with Crippen molar-refractivity contribution < 1.29 is 36.2 Å². The van der Waals surface area contributed by atoms with Crippen LogP contribution in [0.1, 0.15) is 10.4 Å². The summed E-state index contributed by atoms with van der Waals surface area (Å²) in [6.07, 6.45) is -4.98. The highest BCUT2D eigenvalue weighted by Gasteiger charge is 2.58. The lowest BCUT2D eigenvalue weighted by Gasteiger charge is -2.22. The molecule has 0 N–H and O–H groups in total. The summed E-state index contributed by atoms with van der Waals surface area (Å²) in [5, 5.41) is 0. The van der Waals surface area contributed by atoms with Crippen molar-refractivity contribution in [1.82, 2.24) is 0 Å². The second kappa shape index (κ2) is 5.32. The molecule has 9 heteroatoms. The number of benzene rings is 1. The number of ether oxygens (including phenoxy) is 2. The monoisotopic (exact) mass is 348 g/mol. The standard InChI is InChI=1S/C10H6BrF5O3/c1-18-8(17)7-5(12)3-2-4-6(7)19-10(15,16)9(11,13)14/h2-4H,1H3. The molecule has 1 aromatic carbocycles. The van der Waals surface area contributed by atoms with Crippen LogP contribution >= 0.6 is 15.9 Å². The van der Waals surface area contributed by atoms with Crippen LogP contribution in [-0.2, 0) is 4.74 Å². The molecule has 0 spiro atoms. The van der Waals surface area contributed by atoms with Crippen LogP contribution in [0, 0.1) is 5.82 Å². The summed E-state index contributed by atoms with van der Waals surface area (Å²) in [7, 11) is 0.871. The smallest absolute Gasteiger partial charge is 0.465 e. The Labute approximate surface area is 112 Å². The Morgan fingerprint density at radius 2 is 1.84 bits per heavy atom. The zero-order chi connectivity index (χ0) is 14.8. The van der Waals surface area contributed by atoms with E-state index in [1.165, 1.54) is 15.9 Å². The van der Waals surface area contributed by atoms with Crippen molar-refractivity contribution in [2.45, 2.75) is 10.9 Å². The number of hydrogen-bond donors (Lipinski definition) is 0. The fraction of sp³-hybridized carbons (Fsp3) is 0.300. The summed E-state index contributed by atoms with van der Waals surface area (Å²) in [5.41, 5.74) is -0.999. The summed E-state index contributed by atoms with van der Waals surface area (Å²) in [6, 6.07) is 2.42. The van der Waals surface area contributed by atoms with Gasteiger partial charge in [-0.3, -0.25) is 0 Å². The molecular formula is C10H6BrF5O3. The maximum Gasteiger partial charge on any atom is 0.475 e. The van der Waals surface area contributed by atoms with Crippen LogP contribution in [-0.4, -0.2) is 24.0 Å². The Hall–Kier alpha value is -1.38. The van der Waals surface area contributed by atoms with E-state index in [-0.39, 0.29) is 0 Å². The average Bonchev–Trinajstić information content (AvgIpc) is 2.26. The molecule has 3 nitrogen and oxygen atoms in total. The second-order valence-electron chi connectivity index (χ2n) is 3.22. The van der Waals surface area contributed by atoms with Gasteiger partial charge in [0.05, 0.1) is 7.11 Å². The first-order chi connectivity index (χ1) is 8.60. The first kappa shape index (κ1) is 15.7. The quantitative estimate of drug-likeness (QED) is 0.474. The molecule has 0 atom stereocenters. The number of hydrogen-bond acceptors (Lipinski definition) is 3. The van der Waals surface area contributed by atoms with E-state index in [2.05, 4.69) is 9.47 Å². The van der Waals surface area contributed by atoms with E-state index in [9.17, 15) is 26.7 Å². The zero-order valence-corrected chi connectivity index (χ0v) is 10.8. The minimum Gasteiger partial charge on any atom is -0.465 e. The zero-order valence-electron chi connectivity index (χ0n) is 9.22. The maximum atomic E-state index is 13.3. The summed E-state index contributed by atoms with van der Waals surface area (Å²) in [5.74, 6) is -3.63. The van der Waals surface area contributed by atoms with Crippen molar-refractivity contribution in [2.24, 2.45) is 0 Å². The summed E-state index contributed by atoms with van der Waals surface area (Å²) in [6.45, 7) is 0. The fourth-order valence-electron chi connectivity index (χ4n) is 1.09. The third-order valence-electron chi connectivity index (χ3n) is 1.93. The van der Waals surface area contributed by atoms with Crippen molar-refractivity contribution in [3.8, 4) is 5.75 Å². The highest BCUT2D eigenvalue weighted by molar-refractivity contribution is 9.10. The lowest BCUT2D eigenvalue weighted by Crippen LogP contribution is -2.41. The molecule has 1 rings (SSSR count). The van der Waals surface area contributed by atoms with Crippen LogP contribution in [0.4, 0.5) is 22.0 Å². The Bertz CT molecular complexity index is 487. The van der Waals surface area contributed by atoms with Gasteiger partial charge in [0.1, 0.15) is 17.1 Å². The normalized spacial score (nSPS) is 12.2. The maximum absolute atomic E-state index is 13.3. The van der Waals surface area contributed by atoms with E-state index >= 15 is 0 Å². The summed E-state index contributed by atoms with van der Waals surface area (Å²) < 4.78 is 72.3. The molecule has 0 aromatic heterocycles. The number of halogens is 6. The first-order valence-electron chi connectivity index (χ1n) is 4.60. The predicted molar refractivity (Wildman–Crippen MR) is 57.2 cm³/mol. The first-order valence-corrected chi connectivity index (χ1v) is 5.40. The minimum atomic E-state index is -4.98. The number of rotatable bonds is 4. The number of methoxy groups -OCH3 is 1. The second-order valence-corrected chi connectivity index (χ2v) is 4.22.